The summed E-state index contributed by atoms with van der Waals surface area (Å²) in [6, 6.07) is 10.5. The Morgan fingerprint density at radius 1 is 0.846 bits per heavy atom. The summed E-state index contributed by atoms with van der Waals surface area (Å²) in [5.74, 6) is 0. The minimum Gasteiger partial charge on any atom is -0.364 e. The highest BCUT2D eigenvalue weighted by Gasteiger charge is 2.01. The van der Waals surface area contributed by atoms with Gasteiger partial charge in [0.2, 0.25) is 0 Å². The second-order valence-electron chi connectivity index (χ2n) is 3.10. The third-order valence-corrected chi connectivity index (χ3v) is 2.16. The van der Waals surface area contributed by atoms with Crippen molar-refractivity contribution in [2.24, 2.45) is 0 Å². The molecule has 1 heterocycles. The summed E-state index contributed by atoms with van der Waals surface area (Å²) in [5, 5.41) is 0. The van der Waals surface area contributed by atoms with Gasteiger partial charge >= 0.3 is 0 Å². The van der Waals surface area contributed by atoms with Gasteiger partial charge in [0.25, 0.3) is 0 Å². The van der Waals surface area contributed by atoms with E-state index in [9.17, 15) is 0 Å². The van der Waals surface area contributed by atoms with Crippen LogP contribution in [-0.4, -0.2) is 13.1 Å². The second-order valence-corrected chi connectivity index (χ2v) is 3.10. The first kappa shape index (κ1) is 8.11. The van der Waals surface area contributed by atoms with Gasteiger partial charge in [0.05, 0.1) is 0 Å². The van der Waals surface area contributed by atoms with Crippen LogP contribution in [0.5, 0.6) is 0 Å². The molecule has 0 fully saturated rings. The molecule has 0 saturated heterocycles. The van der Waals surface area contributed by atoms with Crippen molar-refractivity contribution < 1.29 is 0 Å². The van der Waals surface area contributed by atoms with Crippen molar-refractivity contribution in [2.45, 2.75) is 0 Å². The van der Waals surface area contributed by atoms with Crippen LogP contribution >= 0.6 is 0 Å². The lowest BCUT2D eigenvalue weighted by molar-refractivity contribution is 0.961. The summed E-state index contributed by atoms with van der Waals surface area (Å²) in [7, 11) is 0. The van der Waals surface area contributed by atoms with Crippen LogP contribution in [0.25, 0.3) is 0 Å². The van der Waals surface area contributed by atoms with Crippen LogP contribution in [0.2, 0.25) is 0 Å². The Kier molecular flexibility index (Phi) is 2.46. The molecule has 0 aliphatic carbocycles. The molecule has 1 aromatic carbocycles. The molecule has 13 heavy (non-hydrogen) atoms. The lowest BCUT2D eigenvalue weighted by atomic mass is 10.3. The fraction of sp³-hybridized carbons (Fsp3) is 0.167. The number of rotatable bonds is 1. The van der Waals surface area contributed by atoms with Crippen LogP contribution in [0, 0.1) is 0 Å². The Morgan fingerprint density at radius 3 is 2.08 bits per heavy atom. The number of hydrogen-bond donors (Lipinski definition) is 0. The van der Waals surface area contributed by atoms with Crippen LogP contribution in [-0.2, 0) is 0 Å². The first-order valence-corrected chi connectivity index (χ1v) is 4.58. The summed E-state index contributed by atoms with van der Waals surface area (Å²) >= 11 is 0. The quantitative estimate of drug-likeness (QED) is 0.627. The summed E-state index contributed by atoms with van der Waals surface area (Å²) in [6.45, 7) is 1.99. The maximum absolute atomic E-state index is 2.33. The summed E-state index contributed by atoms with van der Waals surface area (Å²) in [4.78, 5) is 2.33. The number of benzene rings is 1. The predicted octanol–water partition coefficient (Wildman–Crippen LogP) is 2.62. The van der Waals surface area contributed by atoms with E-state index >= 15 is 0 Å². The van der Waals surface area contributed by atoms with Gasteiger partial charge in [-0.1, -0.05) is 42.5 Å². The second kappa shape index (κ2) is 3.94. The summed E-state index contributed by atoms with van der Waals surface area (Å²) in [6.07, 6.45) is 8.55. The molecule has 0 aromatic heterocycles. The molecule has 1 aromatic rings. The normalized spacial score (nSPS) is 15.8. The Morgan fingerprint density at radius 2 is 1.46 bits per heavy atom. The highest BCUT2D eigenvalue weighted by atomic mass is 15.1. The van der Waals surface area contributed by atoms with E-state index in [1.807, 2.05) is 6.07 Å². The van der Waals surface area contributed by atoms with Gasteiger partial charge in [0.1, 0.15) is 0 Å². The van der Waals surface area contributed by atoms with Gasteiger partial charge in [0, 0.05) is 18.8 Å². The first-order valence-electron chi connectivity index (χ1n) is 4.58. The van der Waals surface area contributed by atoms with Crippen LogP contribution in [0.1, 0.15) is 0 Å². The molecule has 0 atom stereocenters. The van der Waals surface area contributed by atoms with Crippen molar-refractivity contribution in [3.05, 3.63) is 54.6 Å². The third kappa shape index (κ3) is 2.00. The van der Waals surface area contributed by atoms with Crippen molar-refractivity contribution in [3.63, 3.8) is 0 Å². The zero-order chi connectivity index (χ0) is 8.93. The van der Waals surface area contributed by atoms with Gasteiger partial charge in [-0.05, 0) is 12.1 Å². The monoisotopic (exact) mass is 171 g/mol. The van der Waals surface area contributed by atoms with Crippen molar-refractivity contribution in [3.8, 4) is 0 Å². The number of nitrogens with zero attached hydrogens (tertiary/aromatic N) is 1. The Hall–Kier alpha value is -1.50. The first-order chi connectivity index (χ1) is 6.47. The fourth-order valence-corrected chi connectivity index (χ4v) is 1.46. The summed E-state index contributed by atoms with van der Waals surface area (Å²) in [5.41, 5.74) is 1.29. The average molecular weight is 171 g/mol. The molecule has 0 spiro atoms. The number of hydrogen-bond acceptors (Lipinski definition) is 1. The molecule has 0 saturated carbocycles. The van der Waals surface area contributed by atoms with Crippen molar-refractivity contribution in [2.75, 3.05) is 18.0 Å². The maximum atomic E-state index is 2.33. The molecule has 66 valence electrons. The van der Waals surface area contributed by atoms with Gasteiger partial charge < -0.3 is 4.90 Å². The predicted molar refractivity (Wildman–Crippen MR) is 56.9 cm³/mol. The van der Waals surface area contributed by atoms with E-state index < -0.39 is 0 Å². The topological polar surface area (TPSA) is 3.24 Å². The minimum atomic E-state index is 0.997. The van der Waals surface area contributed by atoms with E-state index in [4.69, 9.17) is 0 Å². The fourth-order valence-electron chi connectivity index (χ4n) is 1.46. The van der Waals surface area contributed by atoms with E-state index in [-0.39, 0.29) is 0 Å². The van der Waals surface area contributed by atoms with E-state index in [1.54, 1.807) is 0 Å². The van der Waals surface area contributed by atoms with Crippen molar-refractivity contribution in [1.29, 1.82) is 0 Å². The van der Waals surface area contributed by atoms with E-state index in [0.717, 1.165) is 13.1 Å². The van der Waals surface area contributed by atoms with E-state index in [1.165, 1.54) is 5.69 Å². The molecule has 1 heteroatoms. The molecule has 0 unspecified atom stereocenters. The Bertz CT molecular complexity index is 297. The van der Waals surface area contributed by atoms with Gasteiger partial charge in [-0.15, -0.1) is 0 Å². The van der Waals surface area contributed by atoms with Gasteiger partial charge in [-0.25, -0.2) is 0 Å². The Labute approximate surface area is 79.0 Å². The van der Waals surface area contributed by atoms with Gasteiger partial charge in [-0.3, -0.25) is 0 Å². The minimum absolute atomic E-state index is 0.997. The van der Waals surface area contributed by atoms with Gasteiger partial charge in [-0.2, -0.15) is 0 Å². The van der Waals surface area contributed by atoms with Crippen LogP contribution in [0.4, 0.5) is 5.69 Å². The molecule has 1 aliphatic heterocycles. The van der Waals surface area contributed by atoms with E-state index in [0.29, 0.717) is 0 Å². The highest BCUT2D eigenvalue weighted by Crippen LogP contribution is 2.13. The zero-order valence-corrected chi connectivity index (χ0v) is 7.56. The Balaban J connectivity index is 2.17. The van der Waals surface area contributed by atoms with E-state index in [2.05, 4.69) is 53.5 Å². The number of anilines is 1. The molecule has 1 nitrogen and oxygen atoms in total. The lowest BCUT2D eigenvalue weighted by Crippen LogP contribution is -2.22. The molecular formula is C12H13N. The SMILES string of the molecule is C1=CCN(c2ccccc2)CC=C1. The molecular weight excluding hydrogens is 158 g/mol. The standard InChI is InChI=1S/C12H13N/c1-2-7-11-13(10-6-1)12-8-4-3-5-9-12/h1-9H,10-11H2. The zero-order valence-electron chi connectivity index (χ0n) is 7.56. The molecule has 0 bridgehead atoms. The molecule has 0 N–H and O–H groups in total. The largest absolute Gasteiger partial charge is 0.364 e. The number of para-hydroxylation sites is 1. The molecule has 1 aliphatic rings. The van der Waals surface area contributed by atoms with Crippen LogP contribution in [0.15, 0.2) is 54.6 Å². The third-order valence-electron chi connectivity index (χ3n) is 2.16. The number of allylic oxidation sites excluding steroid dienone is 2. The molecule has 0 amide bonds. The van der Waals surface area contributed by atoms with Crippen molar-refractivity contribution in [1.82, 2.24) is 0 Å². The maximum Gasteiger partial charge on any atom is 0.0371 e. The lowest BCUT2D eigenvalue weighted by Gasteiger charge is -2.20. The molecule has 2 rings (SSSR count). The highest BCUT2D eigenvalue weighted by molar-refractivity contribution is 5.47. The molecule has 0 radical (unpaired) electrons. The smallest absolute Gasteiger partial charge is 0.0371 e. The van der Waals surface area contributed by atoms with Crippen LogP contribution in [0.3, 0.4) is 0 Å². The van der Waals surface area contributed by atoms with Crippen molar-refractivity contribution >= 4 is 5.69 Å². The summed E-state index contributed by atoms with van der Waals surface area (Å²) < 4.78 is 0. The van der Waals surface area contributed by atoms with Gasteiger partial charge in [0.15, 0.2) is 0 Å². The average Bonchev–Trinajstić information content (AvgIpc) is 2.47. The van der Waals surface area contributed by atoms with Crippen LogP contribution < -0.4 is 4.90 Å².